The smallest absolute Gasteiger partial charge is 0.262 e. The van der Waals surface area contributed by atoms with Crippen molar-refractivity contribution >= 4 is 39.7 Å². The van der Waals surface area contributed by atoms with E-state index in [1.165, 1.54) is 30.2 Å². The molecule has 1 saturated heterocycles. The summed E-state index contributed by atoms with van der Waals surface area (Å²) in [7, 11) is -3.65. The van der Waals surface area contributed by atoms with E-state index in [4.69, 9.17) is 0 Å². The maximum atomic E-state index is 12.7. The van der Waals surface area contributed by atoms with Crippen LogP contribution in [0.2, 0.25) is 0 Å². The van der Waals surface area contributed by atoms with E-state index in [0.717, 1.165) is 38.8 Å². The lowest BCUT2D eigenvalue weighted by Gasteiger charge is -2.27. The van der Waals surface area contributed by atoms with Crippen molar-refractivity contribution in [3.8, 4) is 0 Å². The van der Waals surface area contributed by atoms with Gasteiger partial charge in [0.2, 0.25) is 10.0 Å². The van der Waals surface area contributed by atoms with Crippen molar-refractivity contribution < 1.29 is 13.2 Å². The number of carbonyl (C=O) groups is 1. The first kappa shape index (κ1) is 20.6. The number of rotatable bonds is 6. The molecule has 0 aromatic carbocycles. The first-order chi connectivity index (χ1) is 11.6. The molecule has 1 aliphatic carbocycles. The number of halogens is 1. The van der Waals surface area contributed by atoms with E-state index in [9.17, 15) is 13.2 Å². The van der Waals surface area contributed by atoms with Gasteiger partial charge in [-0.05, 0) is 24.3 Å². The molecule has 25 heavy (non-hydrogen) atoms. The van der Waals surface area contributed by atoms with Crippen LogP contribution in [-0.4, -0.2) is 40.0 Å². The fraction of sp³-hybridized carbons (Fsp3) is 0.688. The highest BCUT2D eigenvalue weighted by molar-refractivity contribution is 7.89. The van der Waals surface area contributed by atoms with E-state index in [-0.39, 0.29) is 34.1 Å². The standard InChI is InChI=1S/C16H25N3O3S2.ClH/c20-16(18-11-12-9-17-10-12)15-14(7-8-23-15)24(21,22)19-13-5-3-1-2-4-6-13;/h7-8,12-13,17,19H,1-6,9-11H2,(H,18,20);1H. The summed E-state index contributed by atoms with van der Waals surface area (Å²) in [6.07, 6.45) is 6.19. The van der Waals surface area contributed by atoms with E-state index in [1.807, 2.05) is 0 Å². The molecule has 0 spiro atoms. The van der Waals surface area contributed by atoms with Crippen LogP contribution in [0.4, 0.5) is 0 Å². The lowest BCUT2D eigenvalue weighted by Crippen LogP contribution is -2.48. The topological polar surface area (TPSA) is 87.3 Å². The number of sulfonamides is 1. The first-order valence-electron chi connectivity index (χ1n) is 8.65. The van der Waals surface area contributed by atoms with Gasteiger partial charge in [0, 0.05) is 31.6 Å². The molecule has 9 heteroatoms. The number of hydrogen-bond donors (Lipinski definition) is 3. The molecule has 0 radical (unpaired) electrons. The zero-order chi connectivity index (χ0) is 17.0. The van der Waals surface area contributed by atoms with Crippen LogP contribution in [0.15, 0.2) is 16.3 Å². The molecule has 1 aromatic heterocycles. The molecule has 1 aromatic rings. The second kappa shape index (κ2) is 9.32. The lowest BCUT2D eigenvalue weighted by atomic mass is 10.0. The van der Waals surface area contributed by atoms with Crippen molar-refractivity contribution in [3.05, 3.63) is 16.3 Å². The minimum Gasteiger partial charge on any atom is -0.351 e. The Morgan fingerprint density at radius 1 is 1.20 bits per heavy atom. The van der Waals surface area contributed by atoms with Crippen molar-refractivity contribution in [3.63, 3.8) is 0 Å². The largest absolute Gasteiger partial charge is 0.351 e. The van der Waals surface area contributed by atoms with Crippen LogP contribution in [0.5, 0.6) is 0 Å². The maximum Gasteiger partial charge on any atom is 0.262 e. The summed E-state index contributed by atoms with van der Waals surface area (Å²) in [6.45, 7) is 2.39. The third-order valence-electron chi connectivity index (χ3n) is 4.72. The van der Waals surface area contributed by atoms with Crippen molar-refractivity contribution in [2.24, 2.45) is 5.92 Å². The van der Waals surface area contributed by atoms with E-state index >= 15 is 0 Å². The van der Waals surface area contributed by atoms with Crippen LogP contribution >= 0.6 is 23.7 Å². The lowest BCUT2D eigenvalue weighted by molar-refractivity contribution is 0.0943. The van der Waals surface area contributed by atoms with Crippen molar-refractivity contribution in [2.75, 3.05) is 19.6 Å². The normalized spacial score (nSPS) is 19.5. The van der Waals surface area contributed by atoms with Crippen LogP contribution in [0.25, 0.3) is 0 Å². The summed E-state index contributed by atoms with van der Waals surface area (Å²) in [6, 6.07) is 1.51. The molecule has 3 rings (SSSR count). The van der Waals surface area contributed by atoms with E-state index in [0.29, 0.717) is 12.5 Å². The van der Waals surface area contributed by atoms with Crippen molar-refractivity contribution in [1.29, 1.82) is 0 Å². The average Bonchev–Trinajstić information content (AvgIpc) is 2.87. The Balaban J connectivity index is 0.00000225. The van der Waals surface area contributed by atoms with E-state index < -0.39 is 10.0 Å². The monoisotopic (exact) mass is 407 g/mol. The van der Waals surface area contributed by atoms with Gasteiger partial charge in [-0.15, -0.1) is 23.7 Å². The summed E-state index contributed by atoms with van der Waals surface area (Å²) in [5.74, 6) is 0.149. The number of hydrogen-bond acceptors (Lipinski definition) is 5. The second-order valence-corrected chi connectivity index (χ2v) is 9.26. The van der Waals surface area contributed by atoms with Crippen LogP contribution < -0.4 is 15.4 Å². The summed E-state index contributed by atoms with van der Waals surface area (Å²) in [5, 5.41) is 7.67. The van der Waals surface area contributed by atoms with Gasteiger partial charge in [0.1, 0.15) is 9.77 Å². The zero-order valence-corrected chi connectivity index (χ0v) is 16.6. The fourth-order valence-corrected chi connectivity index (χ4v) is 5.81. The maximum absolute atomic E-state index is 12.7. The van der Waals surface area contributed by atoms with Crippen molar-refractivity contribution in [1.82, 2.24) is 15.4 Å². The molecule has 0 unspecified atom stereocenters. The molecule has 3 N–H and O–H groups in total. The molecular weight excluding hydrogens is 382 g/mol. The third kappa shape index (κ3) is 5.40. The molecular formula is C16H26ClN3O3S2. The number of amides is 1. The predicted molar refractivity (Wildman–Crippen MR) is 102 cm³/mol. The highest BCUT2D eigenvalue weighted by Gasteiger charge is 2.27. The molecule has 0 bridgehead atoms. The Bertz CT molecular complexity index is 666. The third-order valence-corrected chi connectivity index (χ3v) is 7.32. The molecule has 1 saturated carbocycles. The number of nitrogens with one attached hydrogen (secondary N) is 3. The van der Waals surface area contributed by atoms with E-state index in [1.54, 1.807) is 5.38 Å². The van der Waals surface area contributed by atoms with Gasteiger partial charge in [0.25, 0.3) is 5.91 Å². The minimum absolute atomic E-state index is 0. The zero-order valence-electron chi connectivity index (χ0n) is 14.1. The molecule has 2 heterocycles. The summed E-state index contributed by atoms with van der Waals surface area (Å²) >= 11 is 1.18. The van der Waals surface area contributed by atoms with Crippen LogP contribution in [0.1, 0.15) is 48.2 Å². The fourth-order valence-electron chi connectivity index (χ4n) is 3.16. The van der Waals surface area contributed by atoms with Gasteiger partial charge in [-0.25, -0.2) is 13.1 Å². The van der Waals surface area contributed by atoms with Crippen LogP contribution in [0, 0.1) is 5.92 Å². The van der Waals surface area contributed by atoms with Crippen LogP contribution in [-0.2, 0) is 10.0 Å². The predicted octanol–water partition coefficient (Wildman–Crippen LogP) is 2.12. The molecule has 1 amide bonds. The molecule has 0 atom stereocenters. The van der Waals surface area contributed by atoms with Gasteiger partial charge < -0.3 is 10.6 Å². The number of carbonyl (C=O) groups excluding carboxylic acids is 1. The summed E-state index contributed by atoms with van der Waals surface area (Å²) in [5.41, 5.74) is 0. The van der Waals surface area contributed by atoms with Gasteiger partial charge in [0.15, 0.2) is 0 Å². The number of thiophene rings is 1. The molecule has 1 aliphatic heterocycles. The molecule has 2 aliphatic rings. The van der Waals surface area contributed by atoms with Crippen molar-refractivity contribution in [2.45, 2.75) is 49.5 Å². The Kier molecular flexibility index (Phi) is 7.69. The minimum atomic E-state index is -3.65. The molecule has 142 valence electrons. The van der Waals surface area contributed by atoms with Gasteiger partial charge in [-0.1, -0.05) is 25.7 Å². The van der Waals surface area contributed by atoms with E-state index in [2.05, 4.69) is 15.4 Å². The Hall–Kier alpha value is -0.670. The highest BCUT2D eigenvalue weighted by Crippen LogP contribution is 2.24. The summed E-state index contributed by atoms with van der Waals surface area (Å²) < 4.78 is 28.2. The average molecular weight is 408 g/mol. The Morgan fingerprint density at radius 2 is 1.88 bits per heavy atom. The molecule has 6 nitrogen and oxygen atoms in total. The van der Waals surface area contributed by atoms with Crippen LogP contribution in [0.3, 0.4) is 0 Å². The summed E-state index contributed by atoms with van der Waals surface area (Å²) in [4.78, 5) is 12.7. The Labute approximate surface area is 159 Å². The quantitative estimate of drug-likeness (QED) is 0.630. The SMILES string of the molecule is Cl.O=C(NCC1CNC1)c1sccc1S(=O)(=O)NC1CCCCCC1. The van der Waals surface area contributed by atoms with Gasteiger partial charge in [-0.2, -0.15) is 0 Å². The Morgan fingerprint density at radius 3 is 2.48 bits per heavy atom. The highest BCUT2D eigenvalue weighted by atomic mass is 35.5. The first-order valence-corrected chi connectivity index (χ1v) is 11.0. The van der Waals surface area contributed by atoms with Gasteiger partial charge in [0.05, 0.1) is 0 Å². The van der Waals surface area contributed by atoms with Gasteiger partial charge >= 0.3 is 0 Å². The molecule has 2 fully saturated rings. The second-order valence-electron chi connectivity index (χ2n) is 6.66. The van der Waals surface area contributed by atoms with Gasteiger partial charge in [-0.3, -0.25) is 4.79 Å².